The first kappa shape index (κ1) is 17.8. The molecule has 1 N–H and O–H groups in total. The monoisotopic (exact) mass is 399 g/mol. The van der Waals surface area contributed by atoms with Crippen LogP contribution in [0, 0.1) is 6.92 Å². The Balaban J connectivity index is 2.16. The lowest BCUT2D eigenvalue weighted by atomic mass is 10.2. The summed E-state index contributed by atoms with van der Waals surface area (Å²) in [4.78, 5) is 0.192. The second-order valence-electron chi connectivity index (χ2n) is 4.88. The van der Waals surface area contributed by atoms with Gasteiger partial charge in [0, 0.05) is 17.3 Å². The summed E-state index contributed by atoms with van der Waals surface area (Å²) in [6, 6.07) is 11.7. The fourth-order valence-electron chi connectivity index (χ4n) is 1.92. The number of hydrogen-bond donors (Lipinski definition) is 1. The van der Waals surface area contributed by atoms with Crippen molar-refractivity contribution in [3.05, 3.63) is 52.5 Å². The van der Waals surface area contributed by atoms with E-state index in [4.69, 9.17) is 9.47 Å². The summed E-state index contributed by atoms with van der Waals surface area (Å²) in [7, 11) is -2.04. The average Bonchev–Trinajstić information content (AvgIpc) is 2.51. The molecule has 5 nitrogen and oxygen atoms in total. The molecule has 0 bridgehead atoms. The maximum atomic E-state index is 12.4. The Kier molecular flexibility index (Phi) is 6.04. The van der Waals surface area contributed by atoms with Crippen LogP contribution in [0.4, 0.5) is 5.69 Å². The van der Waals surface area contributed by atoms with Crippen LogP contribution in [0.5, 0.6) is 5.75 Å². The number of benzene rings is 2. The molecular formula is C16H18BrNO4S. The molecule has 124 valence electrons. The van der Waals surface area contributed by atoms with E-state index in [1.165, 1.54) is 6.07 Å². The van der Waals surface area contributed by atoms with Gasteiger partial charge in [0.1, 0.15) is 12.4 Å². The van der Waals surface area contributed by atoms with Crippen molar-refractivity contribution in [1.82, 2.24) is 0 Å². The highest BCUT2D eigenvalue weighted by molar-refractivity contribution is 9.10. The largest absolute Gasteiger partial charge is 0.491 e. The van der Waals surface area contributed by atoms with Crippen molar-refractivity contribution < 1.29 is 17.9 Å². The molecule has 2 aromatic rings. The van der Waals surface area contributed by atoms with E-state index in [0.717, 1.165) is 10.0 Å². The fourth-order valence-corrected chi connectivity index (χ4v) is 3.33. The van der Waals surface area contributed by atoms with Crippen LogP contribution < -0.4 is 9.46 Å². The molecule has 2 aromatic carbocycles. The summed E-state index contributed by atoms with van der Waals surface area (Å²) in [5.41, 5.74) is 1.26. The number of aryl methyl sites for hydroxylation is 1. The Labute approximate surface area is 144 Å². The number of anilines is 1. The van der Waals surface area contributed by atoms with Crippen molar-refractivity contribution in [1.29, 1.82) is 0 Å². The standard InChI is InChI=1S/C16H18BrNO4S/c1-12-11-15(7-8-16(12)22-10-9-21-2)23(19,20)18-14-5-3-13(17)4-6-14/h3-8,11,18H,9-10H2,1-2H3. The number of sulfonamides is 1. The quantitative estimate of drug-likeness (QED) is 0.722. The van der Waals surface area contributed by atoms with Crippen LogP contribution in [0.3, 0.4) is 0 Å². The number of rotatable bonds is 7. The van der Waals surface area contributed by atoms with Gasteiger partial charge in [-0.05, 0) is 55.0 Å². The molecular weight excluding hydrogens is 382 g/mol. The number of methoxy groups -OCH3 is 1. The van der Waals surface area contributed by atoms with Crippen LogP contribution in [0.15, 0.2) is 51.8 Å². The third kappa shape index (κ3) is 4.95. The lowest BCUT2D eigenvalue weighted by Gasteiger charge is -2.12. The van der Waals surface area contributed by atoms with Gasteiger partial charge in [-0.15, -0.1) is 0 Å². The number of nitrogens with one attached hydrogen (secondary N) is 1. The van der Waals surface area contributed by atoms with Crippen LogP contribution >= 0.6 is 15.9 Å². The highest BCUT2D eigenvalue weighted by Crippen LogP contribution is 2.24. The van der Waals surface area contributed by atoms with Gasteiger partial charge in [-0.25, -0.2) is 8.42 Å². The first-order valence-electron chi connectivity index (χ1n) is 6.93. The highest BCUT2D eigenvalue weighted by Gasteiger charge is 2.15. The molecule has 0 unspecified atom stereocenters. The van der Waals surface area contributed by atoms with Crippen molar-refractivity contribution in [2.24, 2.45) is 0 Å². The van der Waals surface area contributed by atoms with Gasteiger partial charge < -0.3 is 9.47 Å². The Bertz CT molecular complexity index is 760. The Morgan fingerprint density at radius 1 is 1.09 bits per heavy atom. The third-order valence-electron chi connectivity index (χ3n) is 3.10. The lowest BCUT2D eigenvalue weighted by Crippen LogP contribution is -2.13. The van der Waals surface area contributed by atoms with E-state index < -0.39 is 10.0 Å². The molecule has 0 aliphatic heterocycles. The van der Waals surface area contributed by atoms with Crippen LogP contribution in [0.2, 0.25) is 0 Å². The minimum Gasteiger partial charge on any atom is -0.491 e. The van der Waals surface area contributed by atoms with Crippen molar-refractivity contribution in [2.45, 2.75) is 11.8 Å². The molecule has 0 saturated carbocycles. The van der Waals surface area contributed by atoms with E-state index in [1.807, 2.05) is 0 Å². The van der Waals surface area contributed by atoms with Gasteiger partial charge in [0.2, 0.25) is 0 Å². The Morgan fingerprint density at radius 3 is 2.39 bits per heavy atom. The van der Waals surface area contributed by atoms with Crippen LogP contribution in [0.1, 0.15) is 5.56 Å². The Morgan fingerprint density at radius 2 is 1.78 bits per heavy atom. The topological polar surface area (TPSA) is 64.6 Å². The second kappa shape index (κ2) is 7.81. The van der Waals surface area contributed by atoms with Gasteiger partial charge in [0.05, 0.1) is 11.5 Å². The van der Waals surface area contributed by atoms with Gasteiger partial charge in [-0.1, -0.05) is 15.9 Å². The van der Waals surface area contributed by atoms with Gasteiger partial charge in [-0.2, -0.15) is 0 Å². The van der Waals surface area contributed by atoms with Crippen molar-refractivity contribution in [3.63, 3.8) is 0 Å². The molecule has 0 saturated heterocycles. The molecule has 0 fully saturated rings. The minimum atomic E-state index is -3.64. The zero-order valence-electron chi connectivity index (χ0n) is 12.9. The fraction of sp³-hybridized carbons (Fsp3) is 0.250. The first-order valence-corrected chi connectivity index (χ1v) is 9.21. The maximum Gasteiger partial charge on any atom is 0.261 e. The molecule has 0 aliphatic carbocycles. The SMILES string of the molecule is COCCOc1ccc(S(=O)(=O)Nc2ccc(Br)cc2)cc1C. The van der Waals surface area contributed by atoms with Gasteiger partial charge in [0.15, 0.2) is 0 Å². The Hall–Kier alpha value is -1.57. The van der Waals surface area contributed by atoms with E-state index in [0.29, 0.717) is 24.7 Å². The van der Waals surface area contributed by atoms with Crippen LogP contribution in [0.25, 0.3) is 0 Å². The summed E-state index contributed by atoms with van der Waals surface area (Å²) in [5, 5.41) is 0. The molecule has 0 aromatic heterocycles. The smallest absolute Gasteiger partial charge is 0.261 e. The maximum absolute atomic E-state index is 12.4. The predicted molar refractivity (Wildman–Crippen MR) is 93.5 cm³/mol. The normalized spacial score (nSPS) is 11.3. The van der Waals surface area contributed by atoms with Gasteiger partial charge >= 0.3 is 0 Å². The minimum absolute atomic E-state index is 0.192. The molecule has 0 radical (unpaired) electrons. The summed E-state index contributed by atoms with van der Waals surface area (Å²) in [6.07, 6.45) is 0. The molecule has 0 aliphatic rings. The summed E-state index contributed by atoms with van der Waals surface area (Å²) in [5.74, 6) is 0.643. The molecule has 2 rings (SSSR count). The molecule has 0 heterocycles. The van der Waals surface area contributed by atoms with Crippen LogP contribution in [-0.2, 0) is 14.8 Å². The van der Waals surface area contributed by atoms with Crippen LogP contribution in [-0.4, -0.2) is 28.7 Å². The second-order valence-corrected chi connectivity index (χ2v) is 7.48. The summed E-state index contributed by atoms with van der Waals surface area (Å²) in [6.45, 7) is 2.70. The predicted octanol–water partition coefficient (Wildman–Crippen LogP) is 3.58. The van der Waals surface area contributed by atoms with E-state index in [1.54, 1.807) is 50.4 Å². The number of ether oxygens (including phenoxy) is 2. The molecule has 0 spiro atoms. The zero-order chi connectivity index (χ0) is 16.9. The lowest BCUT2D eigenvalue weighted by molar-refractivity contribution is 0.146. The molecule has 0 atom stereocenters. The van der Waals surface area contributed by atoms with Crippen molar-refractivity contribution in [2.75, 3.05) is 25.0 Å². The molecule has 7 heteroatoms. The van der Waals surface area contributed by atoms with Crippen molar-refractivity contribution in [3.8, 4) is 5.75 Å². The van der Waals surface area contributed by atoms with Gasteiger partial charge in [-0.3, -0.25) is 4.72 Å². The first-order chi connectivity index (χ1) is 10.9. The van der Waals surface area contributed by atoms with Crippen molar-refractivity contribution >= 4 is 31.6 Å². The van der Waals surface area contributed by atoms with E-state index in [2.05, 4.69) is 20.7 Å². The van der Waals surface area contributed by atoms with E-state index in [9.17, 15) is 8.42 Å². The highest BCUT2D eigenvalue weighted by atomic mass is 79.9. The van der Waals surface area contributed by atoms with E-state index >= 15 is 0 Å². The number of hydrogen-bond acceptors (Lipinski definition) is 4. The van der Waals surface area contributed by atoms with Gasteiger partial charge in [0.25, 0.3) is 10.0 Å². The van der Waals surface area contributed by atoms with E-state index in [-0.39, 0.29) is 4.90 Å². The zero-order valence-corrected chi connectivity index (χ0v) is 15.3. The third-order valence-corrected chi connectivity index (χ3v) is 5.01. The average molecular weight is 400 g/mol. The summed E-state index contributed by atoms with van der Waals surface area (Å²) < 4.78 is 38.7. The molecule has 23 heavy (non-hydrogen) atoms. The number of halogens is 1. The molecule has 0 amide bonds. The summed E-state index contributed by atoms with van der Waals surface area (Å²) >= 11 is 3.31.